The number of pyridine rings is 1. The molecule has 0 saturated carbocycles. The van der Waals surface area contributed by atoms with Gasteiger partial charge in [0, 0.05) is 6.61 Å². The van der Waals surface area contributed by atoms with Crippen LogP contribution in [0.2, 0.25) is 0 Å². The second-order valence-electron chi connectivity index (χ2n) is 3.07. The molecule has 0 aromatic carbocycles. The second kappa shape index (κ2) is 3.70. The third-order valence-electron chi connectivity index (χ3n) is 2.03. The maximum absolute atomic E-state index is 12.4. The van der Waals surface area contributed by atoms with Crippen molar-refractivity contribution in [1.82, 2.24) is 4.98 Å². The quantitative estimate of drug-likeness (QED) is 0.702. The van der Waals surface area contributed by atoms with Crippen LogP contribution in [0.15, 0.2) is 18.3 Å². The molecule has 70 valence electrons. The number of hydrogen-bond acceptors (Lipinski definition) is 3. The summed E-state index contributed by atoms with van der Waals surface area (Å²) in [6.45, 7) is 1.52. The Morgan fingerprint density at radius 2 is 2.46 bits per heavy atom. The van der Waals surface area contributed by atoms with Crippen molar-refractivity contribution in [3.63, 3.8) is 0 Å². The molecule has 1 aromatic heterocycles. The van der Waals surface area contributed by atoms with Crippen molar-refractivity contribution in [2.24, 2.45) is 0 Å². The minimum absolute atomic E-state index is 0.340. The molecule has 2 heterocycles. The number of hydrogen-bond donors (Lipinski definition) is 1. The van der Waals surface area contributed by atoms with Gasteiger partial charge in [0.2, 0.25) is 5.95 Å². The number of rotatable bonds is 2. The SMILES string of the molecule is Fc1ccc(NC2CCOC2)cn1. The van der Waals surface area contributed by atoms with E-state index in [0.29, 0.717) is 6.04 Å². The summed E-state index contributed by atoms with van der Waals surface area (Å²) in [5.74, 6) is -0.451. The second-order valence-corrected chi connectivity index (χ2v) is 3.07. The standard InChI is InChI=1S/C9H11FN2O/c10-9-2-1-7(5-11-9)12-8-3-4-13-6-8/h1-2,5,8,12H,3-4,6H2. The van der Waals surface area contributed by atoms with Crippen molar-refractivity contribution in [2.75, 3.05) is 18.5 Å². The Kier molecular flexibility index (Phi) is 2.40. The third-order valence-corrected chi connectivity index (χ3v) is 2.03. The summed E-state index contributed by atoms with van der Waals surface area (Å²) < 4.78 is 17.6. The van der Waals surface area contributed by atoms with Gasteiger partial charge in [-0.15, -0.1) is 0 Å². The zero-order chi connectivity index (χ0) is 9.10. The van der Waals surface area contributed by atoms with E-state index in [1.165, 1.54) is 12.3 Å². The van der Waals surface area contributed by atoms with Gasteiger partial charge in [0.1, 0.15) is 0 Å². The molecule has 1 aliphatic rings. The summed E-state index contributed by atoms with van der Waals surface area (Å²) in [5.41, 5.74) is 0.844. The highest BCUT2D eigenvalue weighted by Gasteiger charge is 2.14. The molecule has 1 saturated heterocycles. The average molecular weight is 182 g/mol. The molecular weight excluding hydrogens is 171 g/mol. The zero-order valence-corrected chi connectivity index (χ0v) is 7.16. The molecule has 0 amide bonds. The fourth-order valence-corrected chi connectivity index (χ4v) is 1.35. The van der Waals surface area contributed by atoms with Crippen LogP contribution < -0.4 is 5.32 Å². The Hall–Kier alpha value is -1.16. The number of nitrogens with one attached hydrogen (secondary N) is 1. The highest BCUT2D eigenvalue weighted by Crippen LogP contribution is 2.12. The zero-order valence-electron chi connectivity index (χ0n) is 7.16. The van der Waals surface area contributed by atoms with E-state index in [4.69, 9.17) is 4.74 Å². The molecule has 1 fully saturated rings. The molecule has 1 unspecified atom stereocenters. The normalized spacial score (nSPS) is 21.8. The molecule has 0 bridgehead atoms. The fourth-order valence-electron chi connectivity index (χ4n) is 1.35. The van der Waals surface area contributed by atoms with Crippen LogP contribution in [0, 0.1) is 5.95 Å². The monoisotopic (exact) mass is 182 g/mol. The van der Waals surface area contributed by atoms with Crippen LogP contribution in [-0.4, -0.2) is 24.2 Å². The summed E-state index contributed by atoms with van der Waals surface area (Å²) in [6, 6.07) is 3.37. The van der Waals surface area contributed by atoms with Crippen molar-refractivity contribution in [3.8, 4) is 0 Å². The predicted octanol–water partition coefficient (Wildman–Crippen LogP) is 1.42. The predicted molar refractivity (Wildman–Crippen MR) is 47.0 cm³/mol. The molecule has 0 aliphatic carbocycles. The summed E-state index contributed by atoms with van der Waals surface area (Å²) in [4.78, 5) is 3.55. The number of ether oxygens (including phenoxy) is 1. The summed E-state index contributed by atoms with van der Waals surface area (Å²) in [7, 11) is 0. The van der Waals surface area contributed by atoms with Crippen LogP contribution in [0.25, 0.3) is 0 Å². The lowest BCUT2D eigenvalue weighted by Crippen LogP contribution is -2.18. The number of anilines is 1. The van der Waals surface area contributed by atoms with Gasteiger partial charge in [0.15, 0.2) is 0 Å². The van der Waals surface area contributed by atoms with Crippen molar-refractivity contribution < 1.29 is 9.13 Å². The highest BCUT2D eigenvalue weighted by molar-refractivity contribution is 5.41. The Bertz CT molecular complexity index is 269. The van der Waals surface area contributed by atoms with Gasteiger partial charge in [-0.3, -0.25) is 0 Å². The van der Waals surface area contributed by atoms with Crippen LogP contribution in [-0.2, 0) is 4.74 Å². The Balaban J connectivity index is 1.97. The molecule has 2 rings (SSSR count). The van der Waals surface area contributed by atoms with Crippen molar-refractivity contribution in [3.05, 3.63) is 24.3 Å². The lowest BCUT2D eigenvalue weighted by atomic mass is 10.2. The fraction of sp³-hybridized carbons (Fsp3) is 0.444. The van der Waals surface area contributed by atoms with Crippen molar-refractivity contribution in [1.29, 1.82) is 0 Å². The number of nitrogens with zero attached hydrogens (tertiary/aromatic N) is 1. The van der Waals surface area contributed by atoms with Gasteiger partial charge in [0.25, 0.3) is 0 Å². The van der Waals surface area contributed by atoms with E-state index >= 15 is 0 Å². The Labute approximate surface area is 75.9 Å². The largest absolute Gasteiger partial charge is 0.379 e. The van der Waals surface area contributed by atoms with Gasteiger partial charge >= 0.3 is 0 Å². The van der Waals surface area contributed by atoms with E-state index in [-0.39, 0.29) is 0 Å². The van der Waals surface area contributed by atoms with Crippen molar-refractivity contribution in [2.45, 2.75) is 12.5 Å². The summed E-state index contributed by atoms with van der Waals surface area (Å²) >= 11 is 0. The first-order chi connectivity index (χ1) is 6.34. The number of halogens is 1. The Morgan fingerprint density at radius 3 is 3.08 bits per heavy atom. The van der Waals surface area contributed by atoms with Gasteiger partial charge in [-0.05, 0) is 18.6 Å². The van der Waals surface area contributed by atoms with Crippen LogP contribution in [0.5, 0.6) is 0 Å². The third kappa shape index (κ3) is 2.15. The maximum atomic E-state index is 12.4. The molecule has 1 aromatic rings. The highest BCUT2D eigenvalue weighted by atomic mass is 19.1. The molecule has 13 heavy (non-hydrogen) atoms. The van der Waals surface area contributed by atoms with Crippen LogP contribution >= 0.6 is 0 Å². The summed E-state index contributed by atoms with van der Waals surface area (Å²) in [5, 5.41) is 3.21. The van der Waals surface area contributed by atoms with E-state index in [0.717, 1.165) is 25.3 Å². The smallest absolute Gasteiger partial charge is 0.212 e. The van der Waals surface area contributed by atoms with E-state index in [1.807, 2.05) is 0 Å². The van der Waals surface area contributed by atoms with Gasteiger partial charge in [-0.1, -0.05) is 0 Å². The van der Waals surface area contributed by atoms with Gasteiger partial charge in [0.05, 0.1) is 24.5 Å². The first-order valence-corrected chi connectivity index (χ1v) is 4.30. The van der Waals surface area contributed by atoms with E-state index in [2.05, 4.69) is 10.3 Å². The molecule has 1 N–H and O–H groups in total. The lowest BCUT2D eigenvalue weighted by molar-refractivity contribution is 0.195. The molecule has 4 heteroatoms. The van der Waals surface area contributed by atoms with Crippen LogP contribution in [0.1, 0.15) is 6.42 Å². The van der Waals surface area contributed by atoms with Gasteiger partial charge < -0.3 is 10.1 Å². The Morgan fingerprint density at radius 1 is 1.54 bits per heavy atom. The minimum atomic E-state index is -0.451. The first kappa shape index (κ1) is 8.44. The average Bonchev–Trinajstić information content (AvgIpc) is 2.62. The number of aromatic nitrogens is 1. The van der Waals surface area contributed by atoms with Crippen LogP contribution in [0.4, 0.5) is 10.1 Å². The van der Waals surface area contributed by atoms with E-state index < -0.39 is 5.95 Å². The molecule has 1 aliphatic heterocycles. The first-order valence-electron chi connectivity index (χ1n) is 4.30. The van der Waals surface area contributed by atoms with Crippen molar-refractivity contribution >= 4 is 5.69 Å². The van der Waals surface area contributed by atoms with Crippen LogP contribution in [0.3, 0.4) is 0 Å². The molecule has 0 radical (unpaired) electrons. The minimum Gasteiger partial charge on any atom is -0.379 e. The molecule has 3 nitrogen and oxygen atoms in total. The molecular formula is C9H11FN2O. The van der Waals surface area contributed by atoms with Gasteiger partial charge in [-0.2, -0.15) is 4.39 Å². The van der Waals surface area contributed by atoms with E-state index in [1.54, 1.807) is 6.07 Å². The topological polar surface area (TPSA) is 34.1 Å². The van der Waals surface area contributed by atoms with Gasteiger partial charge in [-0.25, -0.2) is 4.98 Å². The maximum Gasteiger partial charge on any atom is 0.212 e. The summed E-state index contributed by atoms with van der Waals surface area (Å²) in [6.07, 6.45) is 2.49. The molecule has 0 spiro atoms. The molecule has 1 atom stereocenters. The lowest BCUT2D eigenvalue weighted by Gasteiger charge is -2.10. The van der Waals surface area contributed by atoms with E-state index in [9.17, 15) is 4.39 Å².